The SMILES string of the molecule is Cc1cc2[nH]c(-c3n[nH]c4c3C[C@@H]3C[C@]3(C)C4)nc2cc1NC(=O)C(C)N1CCO[C@H](C)C1. The maximum Gasteiger partial charge on any atom is 0.241 e. The fourth-order valence-electron chi connectivity index (χ4n) is 5.66. The van der Waals surface area contributed by atoms with E-state index in [0.717, 1.165) is 65.7 Å². The van der Waals surface area contributed by atoms with E-state index in [-0.39, 0.29) is 18.1 Å². The molecule has 3 N–H and O–H groups in total. The highest BCUT2D eigenvalue weighted by Crippen LogP contribution is 2.59. The Kier molecular flexibility index (Phi) is 4.68. The number of aromatic nitrogens is 4. The van der Waals surface area contributed by atoms with Crippen molar-refractivity contribution in [1.29, 1.82) is 0 Å². The van der Waals surface area contributed by atoms with Crippen LogP contribution in [0.15, 0.2) is 12.1 Å². The number of fused-ring (bicyclic) bond motifs is 3. The van der Waals surface area contributed by atoms with Gasteiger partial charge < -0.3 is 15.0 Å². The Bertz CT molecular complexity index is 1250. The number of aromatic amines is 2. The van der Waals surface area contributed by atoms with Gasteiger partial charge >= 0.3 is 0 Å². The van der Waals surface area contributed by atoms with Crippen LogP contribution < -0.4 is 5.32 Å². The quantitative estimate of drug-likeness (QED) is 0.568. The summed E-state index contributed by atoms with van der Waals surface area (Å²) in [4.78, 5) is 23.5. The molecular formula is C25H32N6O2. The molecule has 8 heteroatoms. The molecule has 0 radical (unpaired) electrons. The van der Waals surface area contributed by atoms with Crippen molar-refractivity contribution in [1.82, 2.24) is 25.1 Å². The molecular weight excluding hydrogens is 416 g/mol. The molecule has 0 spiro atoms. The van der Waals surface area contributed by atoms with Crippen molar-refractivity contribution in [2.24, 2.45) is 11.3 Å². The second-order valence-corrected chi connectivity index (χ2v) is 10.6. The van der Waals surface area contributed by atoms with Crippen LogP contribution in [0.1, 0.15) is 44.0 Å². The van der Waals surface area contributed by atoms with Crippen molar-refractivity contribution in [3.63, 3.8) is 0 Å². The fourth-order valence-corrected chi connectivity index (χ4v) is 5.66. The number of nitrogens with zero attached hydrogens (tertiary/aromatic N) is 3. The highest BCUT2D eigenvalue weighted by atomic mass is 16.5. The van der Waals surface area contributed by atoms with Gasteiger partial charge in [-0.25, -0.2) is 4.98 Å². The van der Waals surface area contributed by atoms with Crippen LogP contribution in [0.3, 0.4) is 0 Å². The number of carbonyl (C=O) groups is 1. The van der Waals surface area contributed by atoms with Crippen LogP contribution in [0.5, 0.6) is 0 Å². The largest absolute Gasteiger partial charge is 0.376 e. The molecule has 33 heavy (non-hydrogen) atoms. The number of rotatable bonds is 4. The molecule has 4 atom stereocenters. The average Bonchev–Trinajstić information content (AvgIpc) is 3.06. The van der Waals surface area contributed by atoms with Crippen LogP contribution in [0.25, 0.3) is 22.6 Å². The van der Waals surface area contributed by atoms with Crippen LogP contribution in [0.2, 0.25) is 0 Å². The summed E-state index contributed by atoms with van der Waals surface area (Å²) in [5, 5.41) is 11.0. The van der Waals surface area contributed by atoms with E-state index in [0.29, 0.717) is 12.0 Å². The van der Waals surface area contributed by atoms with Crippen molar-refractivity contribution in [3.8, 4) is 11.5 Å². The third kappa shape index (κ3) is 3.56. The van der Waals surface area contributed by atoms with Gasteiger partial charge in [0, 0.05) is 30.0 Å². The number of carbonyl (C=O) groups excluding carboxylic acids is 1. The Morgan fingerprint density at radius 2 is 2.24 bits per heavy atom. The van der Waals surface area contributed by atoms with Crippen LogP contribution in [0, 0.1) is 18.3 Å². The maximum absolute atomic E-state index is 13.0. The molecule has 0 bridgehead atoms. The number of ether oxygens (including phenoxy) is 1. The first-order valence-corrected chi connectivity index (χ1v) is 12.0. The number of anilines is 1. The second kappa shape index (κ2) is 7.40. The average molecular weight is 449 g/mol. The minimum atomic E-state index is -0.218. The topological polar surface area (TPSA) is 98.9 Å². The summed E-state index contributed by atoms with van der Waals surface area (Å²) in [5.74, 6) is 1.56. The van der Waals surface area contributed by atoms with Crippen molar-refractivity contribution in [2.75, 3.05) is 25.0 Å². The van der Waals surface area contributed by atoms with Crippen molar-refractivity contribution in [2.45, 2.75) is 59.1 Å². The molecule has 1 saturated carbocycles. The summed E-state index contributed by atoms with van der Waals surface area (Å²) in [5.41, 5.74) is 7.58. The van der Waals surface area contributed by atoms with E-state index < -0.39 is 0 Å². The lowest BCUT2D eigenvalue weighted by Gasteiger charge is -2.34. The summed E-state index contributed by atoms with van der Waals surface area (Å²) in [6.07, 6.45) is 3.61. The van der Waals surface area contributed by atoms with Gasteiger partial charge in [0.1, 0.15) is 5.69 Å². The molecule has 1 saturated heterocycles. The zero-order valence-electron chi connectivity index (χ0n) is 19.8. The predicted octanol–water partition coefficient (Wildman–Crippen LogP) is 3.43. The first-order chi connectivity index (χ1) is 15.8. The van der Waals surface area contributed by atoms with Gasteiger partial charge in [-0.05, 0) is 69.1 Å². The molecule has 8 nitrogen and oxygen atoms in total. The molecule has 174 valence electrons. The minimum Gasteiger partial charge on any atom is -0.376 e. The maximum atomic E-state index is 13.0. The van der Waals surface area contributed by atoms with Gasteiger partial charge in [0.05, 0.1) is 29.8 Å². The highest BCUT2D eigenvalue weighted by molar-refractivity contribution is 5.97. The Morgan fingerprint density at radius 1 is 1.39 bits per heavy atom. The van der Waals surface area contributed by atoms with Gasteiger partial charge in [-0.2, -0.15) is 5.10 Å². The molecule has 1 aromatic carbocycles. The standard InChI is InChI=1S/C25H32N6O2/c1-13-7-19-20(9-18(13)28-24(32)15(3)31-5-6-33-14(2)12-31)27-23(26-19)22-17-8-16-10-25(16,4)11-21(17)29-30-22/h7,9,14-16H,5-6,8,10-12H2,1-4H3,(H,26,27)(H,28,32)(H,29,30)/t14-,15?,16-,25-/m1/s1. The molecule has 3 aliphatic rings. The number of H-pyrrole nitrogens is 2. The normalized spacial score (nSPS) is 27.8. The number of morpholine rings is 1. The zero-order valence-corrected chi connectivity index (χ0v) is 19.8. The van der Waals surface area contributed by atoms with E-state index in [9.17, 15) is 4.79 Å². The minimum absolute atomic E-state index is 0.00355. The number of imidazole rings is 1. The van der Waals surface area contributed by atoms with E-state index in [4.69, 9.17) is 9.72 Å². The van der Waals surface area contributed by atoms with Crippen LogP contribution in [0.4, 0.5) is 5.69 Å². The third-order valence-electron chi connectivity index (χ3n) is 8.03. The summed E-state index contributed by atoms with van der Waals surface area (Å²) in [6, 6.07) is 3.80. The van der Waals surface area contributed by atoms with Crippen molar-refractivity contribution in [3.05, 3.63) is 29.0 Å². The van der Waals surface area contributed by atoms with Crippen LogP contribution in [-0.2, 0) is 22.4 Å². The van der Waals surface area contributed by atoms with Crippen molar-refractivity contribution >= 4 is 22.6 Å². The van der Waals surface area contributed by atoms with E-state index in [1.165, 1.54) is 17.7 Å². The fraction of sp³-hybridized carbons (Fsp3) is 0.560. The lowest BCUT2D eigenvalue weighted by molar-refractivity contribution is -0.123. The molecule has 1 aliphatic heterocycles. The number of hydrogen-bond donors (Lipinski definition) is 3. The van der Waals surface area contributed by atoms with E-state index >= 15 is 0 Å². The van der Waals surface area contributed by atoms with E-state index in [2.05, 4.69) is 38.4 Å². The van der Waals surface area contributed by atoms with Gasteiger partial charge in [0.25, 0.3) is 0 Å². The highest BCUT2D eigenvalue weighted by Gasteiger charge is 2.53. The molecule has 3 heterocycles. The zero-order chi connectivity index (χ0) is 22.9. The smallest absolute Gasteiger partial charge is 0.241 e. The molecule has 6 rings (SSSR count). The number of aryl methyl sites for hydroxylation is 1. The molecule has 2 aliphatic carbocycles. The van der Waals surface area contributed by atoms with Gasteiger partial charge in [0.15, 0.2) is 5.82 Å². The number of hydrogen-bond acceptors (Lipinski definition) is 5. The van der Waals surface area contributed by atoms with E-state index in [1.807, 2.05) is 26.8 Å². The Labute approximate surface area is 193 Å². The lowest BCUT2D eigenvalue weighted by atomic mass is 9.88. The number of nitrogens with one attached hydrogen (secondary N) is 3. The van der Waals surface area contributed by atoms with E-state index in [1.54, 1.807) is 0 Å². The lowest BCUT2D eigenvalue weighted by Crippen LogP contribution is -2.50. The van der Waals surface area contributed by atoms with Crippen LogP contribution >= 0.6 is 0 Å². The summed E-state index contributed by atoms with van der Waals surface area (Å²) < 4.78 is 5.61. The van der Waals surface area contributed by atoms with Gasteiger partial charge in [0.2, 0.25) is 5.91 Å². The monoisotopic (exact) mass is 448 g/mol. The van der Waals surface area contributed by atoms with Crippen molar-refractivity contribution < 1.29 is 9.53 Å². The third-order valence-corrected chi connectivity index (χ3v) is 8.03. The molecule has 2 fully saturated rings. The molecule has 1 unspecified atom stereocenters. The predicted molar refractivity (Wildman–Crippen MR) is 127 cm³/mol. The molecule has 1 amide bonds. The van der Waals surface area contributed by atoms with Gasteiger partial charge in [-0.1, -0.05) is 6.92 Å². The Hall–Kier alpha value is -2.71. The number of benzene rings is 1. The van der Waals surface area contributed by atoms with Crippen LogP contribution in [-0.4, -0.2) is 62.8 Å². The van der Waals surface area contributed by atoms with Gasteiger partial charge in [-0.3, -0.25) is 14.8 Å². The number of amides is 1. The first kappa shape index (κ1) is 20.9. The Morgan fingerprint density at radius 3 is 3.06 bits per heavy atom. The van der Waals surface area contributed by atoms with Gasteiger partial charge in [-0.15, -0.1) is 0 Å². The summed E-state index contributed by atoms with van der Waals surface area (Å²) in [6.45, 7) is 10.6. The second-order valence-electron chi connectivity index (χ2n) is 10.6. The summed E-state index contributed by atoms with van der Waals surface area (Å²) in [7, 11) is 0. The Balaban J connectivity index is 1.24. The first-order valence-electron chi connectivity index (χ1n) is 12.0. The summed E-state index contributed by atoms with van der Waals surface area (Å²) >= 11 is 0. The molecule has 2 aromatic heterocycles. The molecule has 3 aromatic rings.